The van der Waals surface area contributed by atoms with E-state index in [2.05, 4.69) is 15.2 Å². The number of H-pyrrole nitrogens is 1. The molecule has 0 bridgehead atoms. The average Bonchev–Trinajstić information content (AvgIpc) is 2.67. The largest absolute Gasteiger partial charge is 0.336 e. The molecule has 1 aromatic heterocycles. The first-order valence-electron chi connectivity index (χ1n) is 5.17. The Balaban J connectivity index is 2.01. The Kier molecular flexibility index (Phi) is 2.96. The van der Waals surface area contributed by atoms with Crippen molar-refractivity contribution < 1.29 is 4.79 Å². The Morgan fingerprint density at radius 2 is 2.40 bits per heavy atom. The zero-order chi connectivity index (χ0) is 10.7. The molecule has 6 heteroatoms. The molecule has 15 heavy (non-hydrogen) atoms. The highest BCUT2D eigenvalue weighted by molar-refractivity contribution is 5.90. The fourth-order valence-corrected chi connectivity index (χ4v) is 1.78. The molecule has 6 nitrogen and oxygen atoms in total. The third-order valence-corrected chi connectivity index (χ3v) is 2.68. The van der Waals surface area contributed by atoms with Crippen molar-refractivity contribution in [3.8, 4) is 0 Å². The van der Waals surface area contributed by atoms with Gasteiger partial charge in [-0.2, -0.15) is 5.10 Å². The molecule has 1 atom stereocenters. The summed E-state index contributed by atoms with van der Waals surface area (Å²) in [5.41, 5.74) is 5.84. The summed E-state index contributed by atoms with van der Waals surface area (Å²) in [5.74, 6) is 0.229. The van der Waals surface area contributed by atoms with E-state index in [-0.39, 0.29) is 11.9 Å². The maximum absolute atomic E-state index is 11.9. The number of hydrogen-bond acceptors (Lipinski definition) is 4. The zero-order valence-corrected chi connectivity index (χ0v) is 8.52. The second kappa shape index (κ2) is 4.39. The normalized spacial score (nSPS) is 22.5. The number of carbonyl (C=O) groups excluding carboxylic acids is 1. The van der Waals surface area contributed by atoms with Crippen LogP contribution in [0, 0.1) is 0 Å². The van der Waals surface area contributed by atoms with Crippen molar-refractivity contribution in [2.45, 2.75) is 25.3 Å². The molecule has 0 aromatic carbocycles. The minimum absolute atomic E-state index is 0.0819. The summed E-state index contributed by atoms with van der Waals surface area (Å²) in [6.45, 7) is 1.47. The Hall–Kier alpha value is -1.43. The van der Waals surface area contributed by atoms with Crippen LogP contribution in [0.15, 0.2) is 6.33 Å². The quantitative estimate of drug-likeness (QED) is 0.668. The van der Waals surface area contributed by atoms with Gasteiger partial charge in [-0.15, -0.1) is 0 Å². The van der Waals surface area contributed by atoms with E-state index < -0.39 is 0 Å². The average molecular weight is 209 g/mol. The molecule has 1 saturated heterocycles. The van der Waals surface area contributed by atoms with Crippen molar-refractivity contribution in [2.75, 3.05) is 13.1 Å². The predicted octanol–water partition coefficient (Wildman–Crippen LogP) is -0.242. The van der Waals surface area contributed by atoms with E-state index in [0.29, 0.717) is 12.4 Å². The van der Waals surface area contributed by atoms with Gasteiger partial charge < -0.3 is 10.6 Å². The van der Waals surface area contributed by atoms with Gasteiger partial charge in [0.05, 0.1) is 0 Å². The van der Waals surface area contributed by atoms with E-state index >= 15 is 0 Å². The number of rotatable bonds is 1. The van der Waals surface area contributed by atoms with Crippen LogP contribution in [0.1, 0.15) is 29.9 Å². The summed E-state index contributed by atoms with van der Waals surface area (Å²) in [4.78, 5) is 17.5. The molecule has 1 fully saturated rings. The third-order valence-electron chi connectivity index (χ3n) is 2.68. The number of hydrogen-bond donors (Lipinski definition) is 2. The van der Waals surface area contributed by atoms with E-state index in [1.807, 2.05) is 0 Å². The highest BCUT2D eigenvalue weighted by Crippen LogP contribution is 2.10. The summed E-state index contributed by atoms with van der Waals surface area (Å²) in [6.07, 6.45) is 4.15. The highest BCUT2D eigenvalue weighted by atomic mass is 16.2. The third kappa shape index (κ3) is 2.33. The number of amides is 1. The van der Waals surface area contributed by atoms with Gasteiger partial charge in [0, 0.05) is 19.1 Å². The molecular weight excluding hydrogens is 194 g/mol. The van der Waals surface area contributed by atoms with Crippen LogP contribution in [0.25, 0.3) is 0 Å². The summed E-state index contributed by atoms with van der Waals surface area (Å²) in [5, 5.41) is 6.25. The summed E-state index contributed by atoms with van der Waals surface area (Å²) in [7, 11) is 0. The topological polar surface area (TPSA) is 87.9 Å². The fraction of sp³-hybridized carbons (Fsp3) is 0.667. The first-order valence-corrected chi connectivity index (χ1v) is 5.17. The molecule has 0 radical (unpaired) electrons. The summed E-state index contributed by atoms with van der Waals surface area (Å²) in [6, 6.07) is 0.220. The van der Waals surface area contributed by atoms with Crippen LogP contribution in [0.3, 0.4) is 0 Å². The number of nitrogens with one attached hydrogen (secondary N) is 1. The first kappa shape index (κ1) is 10.1. The standard InChI is InChI=1S/C9H15N5O/c10-7-2-1-4-14(5-3-7)9(15)8-11-6-12-13-8/h6-7H,1-5,10H2,(H,11,12,13). The van der Waals surface area contributed by atoms with Crippen molar-refractivity contribution in [3.63, 3.8) is 0 Å². The van der Waals surface area contributed by atoms with E-state index in [9.17, 15) is 4.79 Å². The van der Waals surface area contributed by atoms with Crippen LogP contribution < -0.4 is 5.73 Å². The number of aromatic amines is 1. The summed E-state index contributed by atoms with van der Waals surface area (Å²) >= 11 is 0. The number of carbonyl (C=O) groups is 1. The van der Waals surface area contributed by atoms with E-state index in [0.717, 1.165) is 25.8 Å². The van der Waals surface area contributed by atoms with Crippen LogP contribution in [0.4, 0.5) is 0 Å². The second-order valence-electron chi connectivity index (χ2n) is 3.82. The van der Waals surface area contributed by atoms with Crippen molar-refractivity contribution in [2.24, 2.45) is 5.73 Å². The number of nitrogens with zero attached hydrogens (tertiary/aromatic N) is 3. The zero-order valence-electron chi connectivity index (χ0n) is 8.52. The SMILES string of the molecule is NC1CCCN(C(=O)c2ncn[nH]2)CC1. The van der Waals surface area contributed by atoms with Gasteiger partial charge in [0.2, 0.25) is 5.82 Å². The first-order chi connectivity index (χ1) is 7.27. The lowest BCUT2D eigenvalue weighted by atomic mass is 10.1. The maximum Gasteiger partial charge on any atom is 0.291 e. The van der Waals surface area contributed by atoms with Crippen molar-refractivity contribution in [3.05, 3.63) is 12.2 Å². The second-order valence-corrected chi connectivity index (χ2v) is 3.82. The lowest BCUT2D eigenvalue weighted by molar-refractivity contribution is 0.0749. The molecule has 3 N–H and O–H groups in total. The lowest BCUT2D eigenvalue weighted by Gasteiger charge is -2.18. The maximum atomic E-state index is 11.9. The smallest absolute Gasteiger partial charge is 0.291 e. The Morgan fingerprint density at radius 1 is 1.53 bits per heavy atom. The van der Waals surface area contributed by atoms with Gasteiger partial charge in [-0.25, -0.2) is 4.98 Å². The Bertz CT molecular complexity index is 323. The summed E-state index contributed by atoms with van der Waals surface area (Å²) < 4.78 is 0. The molecule has 1 aromatic rings. The van der Waals surface area contributed by atoms with Crippen LogP contribution in [-0.4, -0.2) is 45.1 Å². The molecule has 0 saturated carbocycles. The number of aromatic nitrogens is 3. The molecule has 1 aliphatic heterocycles. The van der Waals surface area contributed by atoms with Crippen LogP contribution in [0.5, 0.6) is 0 Å². The van der Waals surface area contributed by atoms with Crippen molar-refractivity contribution >= 4 is 5.91 Å². The van der Waals surface area contributed by atoms with Gasteiger partial charge in [0.1, 0.15) is 6.33 Å². The molecule has 1 amide bonds. The van der Waals surface area contributed by atoms with Gasteiger partial charge >= 0.3 is 0 Å². The molecule has 2 heterocycles. The lowest BCUT2D eigenvalue weighted by Crippen LogP contribution is -2.33. The molecule has 82 valence electrons. The fourth-order valence-electron chi connectivity index (χ4n) is 1.78. The Morgan fingerprint density at radius 3 is 3.13 bits per heavy atom. The predicted molar refractivity (Wildman–Crippen MR) is 54.1 cm³/mol. The minimum Gasteiger partial charge on any atom is -0.336 e. The minimum atomic E-state index is -0.0819. The number of likely N-dealkylation sites (tertiary alicyclic amines) is 1. The Labute approximate surface area is 87.9 Å². The molecule has 0 spiro atoms. The van der Waals surface area contributed by atoms with Crippen molar-refractivity contribution in [1.29, 1.82) is 0 Å². The molecule has 0 aliphatic carbocycles. The molecular formula is C9H15N5O. The van der Waals surface area contributed by atoms with Gasteiger partial charge in [0.25, 0.3) is 5.91 Å². The molecule has 1 unspecified atom stereocenters. The van der Waals surface area contributed by atoms with Crippen LogP contribution in [0.2, 0.25) is 0 Å². The van der Waals surface area contributed by atoms with Crippen LogP contribution >= 0.6 is 0 Å². The highest BCUT2D eigenvalue weighted by Gasteiger charge is 2.21. The van der Waals surface area contributed by atoms with Gasteiger partial charge in [0.15, 0.2) is 0 Å². The molecule has 2 rings (SSSR count). The van der Waals surface area contributed by atoms with Gasteiger partial charge in [-0.1, -0.05) is 0 Å². The monoisotopic (exact) mass is 209 g/mol. The van der Waals surface area contributed by atoms with E-state index in [4.69, 9.17) is 5.73 Å². The van der Waals surface area contributed by atoms with Crippen molar-refractivity contribution in [1.82, 2.24) is 20.1 Å². The molecule has 1 aliphatic rings. The van der Waals surface area contributed by atoms with Crippen LogP contribution in [-0.2, 0) is 0 Å². The van der Waals surface area contributed by atoms with E-state index in [1.165, 1.54) is 6.33 Å². The van der Waals surface area contributed by atoms with Gasteiger partial charge in [-0.3, -0.25) is 9.89 Å². The van der Waals surface area contributed by atoms with Gasteiger partial charge in [-0.05, 0) is 19.3 Å². The van der Waals surface area contributed by atoms with E-state index in [1.54, 1.807) is 4.90 Å². The number of nitrogens with two attached hydrogens (primary N) is 1.